The first-order valence-electron chi connectivity index (χ1n) is 5.76. The molecule has 0 heterocycles. The summed E-state index contributed by atoms with van der Waals surface area (Å²) in [7, 11) is 0. The van der Waals surface area contributed by atoms with Crippen molar-refractivity contribution in [3.8, 4) is 6.07 Å². The fourth-order valence-electron chi connectivity index (χ4n) is 2.10. The van der Waals surface area contributed by atoms with Crippen LogP contribution in [0.4, 0.5) is 5.69 Å². The third kappa shape index (κ3) is 2.70. The van der Waals surface area contributed by atoms with E-state index >= 15 is 0 Å². The van der Waals surface area contributed by atoms with Crippen LogP contribution in [0.2, 0.25) is 0 Å². The number of hydrogen-bond donors (Lipinski definition) is 1. The van der Waals surface area contributed by atoms with Crippen molar-refractivity contribution in [1.82, 2.24) is 0 Å². The average molecular weight is 232 g/mol. The van der Waals surface area contributed by atoms with Crippen LogP contribution >= 0.6 is 11.8 Å². The Balaban J connectivity index is 2.11. The van der Waals surface area contributed by atoms with Crippen molar-refractivity contribution in [3.63, 3.8) is 0 Å². The highest BCUT2D eigenvalue weighted by Crippen LogP contribution is 2.35. The van der Waals surface area contributed by atoms with Gasteiger partial charge in [-0.1, -0.05) is 19.3 Å². The van der Waals surface area contributed by atoms with E-state index < -0.39 is 0 Å². The van der Waals surface area contributed by atoms with Crippen molar-refractivity contribution < 1.29 is 0 Å². The van der Waals surface area contributed by atoms with Gasteiger partial charge in [-0.25, -0.2) is 0 Å². The molecule has 0 aliphatic heterocycles. The van der Waals surface area contributed by atoms with Gasteiger partial charge in [0, 0.05) is 15.8 Å². The van der Waals surface area contributed by atoms with Crippen molar-refractivity contribution in [2.24, 2.45) is 0 Å². The molecule has 16 heavy (non-hydrogen) atoms. The van der Waals surface area contributed by atoms with Crippen LogP contribution in [0.25, 0.3) is 0 Å². The molecule has 0 saturated heterocycles. The normalized spacial score (nSPS) is 16.9. The molecule has 0 spiro atoms. The third-order valence-electron chi connectivity index (χ3n) is 2.97. The second-order valence-electron chi connectivity index (χ2n) is 4.25. The molecule has 0 radical (unpaired) electrons. The van der Waals surface area contributed by atoms with Gasteiger partial charge in [0.15, 0.2) is 0 Å². The number of nitriles is 1. The summed E-state index contributed by atoms with van der Waals surface area (Å²) in [6.45, 7) is 0. The van der Waals surface area contributed by atoms with Crippen molar-refractivity contribution in [3.05, 3.63) is 23.8 Å². The zero-order valence-corrected chi connectivity index (χ0v) is 10.1. The molecule has 1 fully saturated rings. The van der Waals surface area contributed by atoms with Gasteiger partial charge in [0.05, 0.1) is 5.56 Å². The molecular weight excluding hydrogens is 216 g/mol. The van der Waals surface area contributed by atoms with E-state index in [4.69, 9.17) is 11.0 Å². The van der Waals surface area contributed by atoms with Gasteiger partial charge >= 0.3 is 0 Å². The summed E-state index contributed by atoms with van der Waals surface area (Å²) in [6.07, 6.45) is 6.58. The molecule has 2 nitrogen and oxygen atoms in total. The minimum Gasteiger partial charge on any atom is -0.399 e. The highest BCUT2D eigenvalue weighted by atomic mass is 32.2. The number of nitrogens with two attached hydrogens (primary N) is 1. The van der Waals surface area contributed by atoms with Crippen molar-refractivity contribution in [2.75, 3.05) is 5.73 Å². The van der Waals surface area contributed by atoms with Gasteiger partial charge in [0.25, 0.3) is 0 Å². The molecule has 2 N–H and O–H groups in total. The lowest BCUT2D eigenvalue weighted by molar-refractivity contribution is 0.516. The van der Waals surface area contributed by atoms with Crippen LogP contribution in [-0.2, 0) is 0 Å². The molecule has 84 valence electrons. The Morgan fingerprint density at radius 1 is 1.25 bits per heavy atom. The predicted octanol–water partition coefficient (Wildman–Crippen LogP) is 3.57. The molecule has 1 aliphatic carbocycles. The Morgan fingerprint density at radius 3 is 2.69 bits per heavy atom. The first-order valence-corrected chi connectivity index (χ1v) is 6.64. The second kappa shape index (κ2) is 5.27. The molecule has 0 atom stereocenters. The highest BCUT2D eigenvalue weighted by molar-refractivity contribution is 8.00. The zero-order valence-electron chi connectivity index (χ0n) is 9.28. The topological polar surface area (TPSA) is 49.8 Å². The van der Waals surface area contributed by atoms with E-state index in [2.05, 4.69) is 6.07 Å². The first kappa shape index (κ1) is 11.3. The molecule has 0 aromatic heterocycles. The van der Waals surface area contributed by atoms with Gasteiger partial charge in [0.1, 0.15) is 6.07 Å². The number of hydrogen-bond acceptors (Lipinski definition) is 3. The Hall–Kier alpha value is -1.14. The standard InChI is InChI=1S/C13H16N2S/c14-9-10-8-11(15)6-7-13(10)16-12-4-2-1-3-5-12/h6-8,12H,1-5,15H2. The Kier molecular flexibility index (Phi) is 3.74. The van der Waals surface area contributed by atoms with E-state index in [0.29, 0.717) is 10.9 Å². The molecule has 3 heteroatoms. The summed E-state index contributed by atoms with van der Waals surface area (Å²) < 4.78 is 0. The van der Waals surface area contributed by atoms with E-state index in [-0.39, 0.29) is 0 Å². The van der Waals surface area contributed by atoms with Crippen LogP contribution in [0.3, 0.4) is 0 Å². The number of thioether (sulfide) groups is 1. The van der Waals surface area contributed by atoms with Gasteiger partial charge in [-0.05, 0) is 31.0 Å². The van der Waals surface area contributed by atoms with Crippen LogP contribution in [-0.4, -0.2) is 5.25 Å². The van der Waals surface area contributed by atoms with Crippen molar-refractivity contribution in [2.45, 2.75) is 42.2 Å². The lowest BCUT2D eigenvalue weighted by atomic mass is 10.0. The lowest BCUT2D eigenvalue weighted by Gasteiger charge is -2.21. The van der Waals surface area contributed by atoms with E-state index in [9.17, 15) is 0 Å². The van der Waals surface area contributed by atoms with E-state index in [0.717, 1.165) is 10.5 Å². The second-order valence-corrected chi connectivity index (χ2v) is 5.59. The van der Waals surface area contributed by atoms with Crippen molar-refractivity contribution in [1.29, 1.82) is 5.26 Å². The summed E-state index contributed by atoms with van der Waals surface area (Å²) in [5, 5.41) is 9.74. The monoisotopic (exact) mass is 232 g/mol. The van der Waals surface area contributed by atoms with Gasteiger partial charge in [-0.2, -0.15) is 5.26 Å². The molecule has 1 saturated carbocycles. The van der Waals surface area contributed by atoms with Gasteiger partial charge in [-0.3, -0.25) is 0 Å². The molecule has 0 bridgehead atoms. The van der Waals surface area contributed by atoms with Crippen molar-refractivity contribution >= 4 is 17.4 Å². The van der Waals surface area contributed by atoms with Crippen LogP contribution in [0.15, 0.2) is 23.1 Å². The Bertz CT molecular complexity index is 403. The van der Waals surface area contributed by atoms with Crippen LogP contribution in [0, 0.1) is 11.3 Å². The number of rotatable bonds is 2. The summed E-state index contributed by atoms with van der Waals surface area (Å²) in [5.41, 5.74) is 7.06. The maximum atomic E-state index is 9.05. The fraction of sp³-hybridized carbons (Fsp3) is 0.462. The average Bonchev–Trinajstić information content (AvgIpc) is 2.33. The third-order valence-corrected chi connectivity index (χ3v) is 4.38. The predicted molar refractivity (Wildman–Crippen MR) is 68.3 cm³/mol. The molecule has 2 rings (SSSR count). The molecule has 1 aromatic rings. The Morgan fingerprint density at radius 2 is 2.00 bits per heavy atom. The molecule has 1 aliphatic rings. The molecule has 1 aromatic carbocycles. The van der Waals surface area contributed by atoms with E-state index in [1.807, 2.05) is 23.9 Å². The smallest absolute Gasteiger partial charge is 0.100 e. The van der Waals surface area contributed by atoms with Gasteiger partial charge in [-0.15, -0.1) is 11.8 Å². The summed E-state index contributed by atoms with van der Waals surface area (Å²) >= 11 is 1.85. The first-order chi connectivity index (χ1) is 7.79. The van der Waals surface area contributed by atoms with Crippen LogP contribution in [0.5, 0.6) is 0 Å². The molecule has 0 amide bonds. The lowest BCUT2D eigenvalue weighted by Crippen LogP contribution is -2.08. The van der Waals surface area contributed by atoms with Gasteiger partial charge < -0.3 is 5.73 Å². The maximum absolute atomic E-state index is 9.05. The molecule has 0 unspecified atom stereocenters. The number of nitrogens with zero attached hydrogens (tertiary/aromatic N) is 1. The van der Waals surface area contributed by atoms with E-state index in [1.165, 1.54) is 32.1 Å². The zero-order chi connectivity index (χ0) is 11.4. The number of benzene rings is 1. The number of nitrogen functional groups attached to an aromatic ring is 1. The Labute approximate surface area is 101 Å². The number of anilines is 1. The highest BCUT2D eigenvalue weighted by Gasteiger charge is 2.16. The minimum absolute atomic E-state index is 0.671. The fourth-order valence-corrected chi connectivity index (χ4v) is 3.41. The quantitative estimate of drug-likeness (QED) is 0.793. The minimum atomic E-state index is 0.671. The van der Waals surface area contributed by atoms with Gasteiger partial charge in [0.2, 0.25) is 0 Å². The summed E-state index contributed by atoms with van der Waals surface area (Å²) in [4.78, 5) is 1.09. The van der Waals surface area contributed by atoms with Crippen LogP contribution < -0.4 is 5.73 Å². The van der Waals surface area contributed by atoms with E-state index in [1.54, 1.807) is 6.07 Å². The maximum Gasteiger partial charge on any atom is 0.100 e. The van der Waals surface area contributed by atoms with Crippen LogP contribution in [0.1, 0.15) is 37.7 Å². The summed E-state index contributed by atoms with van der Waals surface area (Å²) in [5.74, 6) is 0. The molecular formula is C13H16N2S. The SMILES string of the molecule is N#Cc1cc(N)ccc1SC1CCCCC1. The largest absolute Gasteiger partial charge is 0.399 e. The summed E-state index contributed by atoms with van der Waals surface area (Å²) in [6, 6.07) is 7.85.